The van der Waals surface area contributed by atoms with E-state index in [1.165, 1.54) is 0 Å². The fraction of sp³-hybridized carbons (Fsp3) is 0.440. The van der Waals surface area contributed by atoms with Crippen molar-refractivity contribution in [2.45, 2.75) is 13.8 Å². The molecular formula is C25H32N4O4. The third-order valence-electron chi connectivity index (χ3n) is 6.16. The van der Waals surface area contributed by atoms with Crippen molar-refractivity contribution in [3.63, 3.8) is 0 Å². The number of carbonyl (C=O) groups is 2. The van der Waals surface area contributed by atoms with Gasteiger partial charge in [0, 0.05) is 61.4 Å². The Bertz CT molecular complexity index is 1040. The van der Waals surface area contributed by atoms with Gasteiger partial charge in [-0.05, 0) is 32.0 Å². The van der Waals surface area contributed by atoms with Gasteiger partial charge >= 0.3 is 0 Å². The van der Waals surface area contributed by atoms with Gasteiger partial charge in [-0.3, -0.25) is 19.4 Å². The summed E-state index contributed by atoms with van der Waals surface area (Å²) in [5.74, 6) is 1.60. The van der Waals surface area contributed by atoms with Gasteiger partial charge in [0.05, 0.1) is 13.1 Å². The molecule has 8 heteroatoms. The molecule has 33 heavy (non-hydrogen) atoms. The van der Waals surface area contributed by atoms with Gasteiger partial charge in [0.1, 0.15) is 13.2 Å². The lowest BCUT2D eigenvalue weighted by Gasteiger charge is -2.33. The fourth-order valence-electron chi connectivity index (χ4n) is 4.45. The standard InChI is InChI=1S/C25H32N4O4/c1-4-7-26-25(31)17-28-10-8-27(9-11-28)16-22(30)21-14-18(2)29(19(21)3)20-5-6-23-24(15-20)33-13-12-32-23/h4-6,14-15H,1,7-13,16-17H2,2-3H3,(H,26,31). The molecule has 0 bridgehead atoms. The average Bonchev–Trinajstić information content (AvgIpc) is 3.12. The minimum atomic E-state index is 0.00556. The molecule has 3 heterocycles. The third-order valence-corrected chi connectivity index (χ3v) is 6.16. The summed E-state index contributed by atoms with van der Waals surface area (Å²) in [6.07, 6.45) is 1.67. The summed E-state index contributed by atoms with van der Waals surface area (Å²) in [7, 11) is 0. The van der Waals surface area contributed by atoms with E-state index >= 15 is 0 Å². The van der Waals surface area contributed by atoms with Crippen LogP contribution in [0.5, 0.6) is 11.5 Å². The number of fused-ring (bicyclic) bond motifs is 1. The average molecular weight is 453 g/mol. The van der Waals surface area contributed by atoms with Crippen molar-refractivity contribution in [1.29, 1.82) is 0 Å². The van der Waals surface area contributed by atoms with Gasteiger partial charge in [0.15, 0.2) is 17.3 Å². The van der Waals surface area contributed by atoms with Crippen molar-refractivity contribution in [1.82, 2.24) is 19.7 Å². The highest BCUT2D eigenvalue weighted by atomic mass is 16.6. The second-order valence-electron chi connectivity index (χ2n) is 8.52. The molecule has 1 aromatic carbocycles. The van der Waals surface area contributed by atoms with Gasteiger partial charge in [-0.2, -0.15) is 0 Å². The molecule has 0 saturated carbocycles. The maximum Gasteiger partial charge on any atom is 0.234 e. The van der Waals surface area contributed by atoms with Crippen LogP contribution in [0.2, 0.25) is 0 Å². The SMILES string of the molecule is C=CCNC(=O)CN1CCN(CC(=O)c2cc(C)n(-c3ccc4c(c3)OCCO4)c2C)CC1. The van der Waals surface area contributed by atoms with Gasteiger partial charge in [0.25, 0.3) is 0 Å². The van der Waals surface area contributed by atoms with Crippen LogP contribution in [0, 0.1) is 13.8 Å². The number of carbonyl (C=O) groups excluding carboxylic acids is 2. The lowest BCUT2D eigenvalue weighted by atomic mass is 10.1. The molecule has 0 unspecified atom stereocenters. The zero-order chi connectivity index (χ0) is 23.4. The number of ether oxygens (including phenoxy) is 2. The van der Waals surface area contributed by atoms with Crippen molar-refractivity contribution in [3.05, 3.63) is 53.9 Å². The molecule has 2 aliphatic heterocycles. The van der Waals surface area contributed by atoms with Gasteiger partial charge in [-0.1, -0.05) is 6.08 Å². The number of hydrogen-bond donors (Lipinski definition) is 1. The summed E-state index contributed by atoms with van der Waals surface area (Å²) in [4.78, 5) is 29.3. The van der Waals surface area contributed by atoms with Crippen molar-refractivity contribution in [2.24, 2.45) is 0 Å². The van der Waals surface area contributed by atoms with Gasteiger partial charge in [0.2, 0.25) is 5.91 Å². The Morgan fingerprint density at radius 3 is 2.36 bits per heavy atom. The Morgan fingerprint density at radius 1 is 1.00 bits per heavy atom. The van der Waals surface area contributed by atoms with Gasteiger partial charge in [-0.25, -0.2) is 0 Å². The monoisotopic (exact) mass is 452 g/mol. The van der Waals surface area contributed by atoms with E-state index in [1.54, 1.807) is 6.08 Å². The molecule has 0 spiro atoms. The molecule has 1 fully saturated rings. The highest BCUT2D eigenvalue weighted by Crippen LogP contribution is 2.33. The predicted molar refractivity (Wildman–Crippen MR) is 127 cm³/mol. The Morgan fingerprint density at radius 2 is 1.67 bits per heavy atom. The second kappa shape index (κ2) is 10.2. The number of Topliss-reactive ketones (excluding diaryl/α,β-unsaturated/α-hetero) is 1. The van der Waals surface area contributed by atoms with Crippen LogP contribution in [0.1, 0.15) is 21.7 Å². The van der Waals surface area contributed by atoms with E-state index in [-0.39, 0.29) is 11.7 Å². The van der Waals surface area contributed by atoms with Gasteiger partial charge < -0.3 is 19.4 Å². The zero-order valence-electron chi connectivity index (χ0n) is 19.4. The van der Waals surface area contributed by atoms with Crippen LogP contribution in [0.15, 0.2) is 36.9 Å². The quantitative estimate of drug-likeness (QED) is 0.488. The van der Waals surface area contributed by atoms with Crippen molar-refractivity contribution in [2.75, 3.05) is 59.0 Å². The summed E-state index contributed by atoms with van der Waals surface area (Å²) < 4.78 is 13.4. The number of ketones is 1. The summed E-state index contributed by atoms with van der Waals surface area (Å²) >= 11 is 0. The molecule has 1 saturated heterocycles. The van der Waals surface area contributed by atoms with Crippen LogP contribution in [0.25, 0.3) is 5.69 Å². The minimum Gasteiger partial charge on any atom is -0.486 e. The number of nitrogens with zero attached hydrogens (tertiary/aromatic N) is 3. The van der Waals surface area contributed by atoms with E-state index in [2.05, 4.69) is 26.3 Å². The fourth-order valence-corrected chi connectivity index (χ4v) is 4.45. The minimum absolute atomic E-state index is 0.00556. The van der Waals surface area contributed by atoms with Crippen LogP contribution < -0.4 is 14.8 Å². The largest absolute Gasteiger partial charge is 0.486 e. The summed E-state index contributed by atoms with van der Waals surface area (Å²) in [5, 5.41) is 2.81. The first-order valence-electron chi connectivity index (χ1n) is 11.4. The zero-order valence-corrected chi connectivity index (χ0v) is 19.4. The van der Waals surface area contributed by atoms with Crippen LogP contribution in [0.3, 0.4) is 0 Å². The Kier molecular flexibility index (Phi) is 7.15. The van der Waals surface area contributed by atoms with Crippen molar-refractivity contribution in [3.8, 4) is 17.2 Å². The van der Waals surface area contributed by atoms with Crippen LogP contribution in [-0.2, 0) is 4.79 Å². The van der Waals surface area contributed by atoms with E-state index in [4.69, 9.17) is 9.47 Å². The van der Waals surface area contributed by atoms with E-state index in [9.17, 15) is 9.59 Å². The molecule has 4 rings (SSSR count). The number of nitrogens with one attached hydrogen (secondary N) is 1. The first kappa shape index (κ1) is 23.1. The van der Waals surface area contributed by atoms with Crippen molar-refractivity contribution >= 4 is 11.7 Å². The molecule has 2 aromatic rings. The lowest BCUT2D eigenvalue weighted by molar-refractivity contribution is -0.122. The molecule has 1 amide bonds. The van der Waals surface area contributed by atoms with Gasteiger partial charge in [-0.15, -0.1) is 6.58 Å². The molecule has 176 valence electrons. The normalized spacial score (nSPS) is 16.4. The highest BCUT2D eigenvalue weighted by molar-refractivity contribution is 5.99. The number of aromatic nitrogens is 1. The number of rotatable bonds is 8. The number of amides is 1. The summed E-state index contributed by atoms with van der Waals surface area (Å²) in [6, 6.07) is 7.84. The molecule has 1 N–H and O–H groups in total. The number of benzene rings is 1. The van der Waals surface area contributed by atoms with E-state index in [1.807, 2.05) is 38.1 Å². The highest BCUT2D eigenvalue weighted by Gasteiger charge is 2.24. The van der Waals surface area contributed by atoms with Crippen LogP contribution >= 0.6 is 0 Å². The molecule has 2 aliphatic rings. The van der Waals surface area contributed by atoms with E-state index < -0.39 is 0 Å². The number of aryl methyl sites for hydroxylation is 1. The van der Waals surface area contributed by atoms with Crippen molar-refractivity contribution < 1.29 is 19.1 Å². The Hall–Kier alpha value is -3.10. The first-order chi connectivity index (χ1) is 16.0. The Labute approximate surface area is 194 Å². The number of hydrogen-bond acceptors (Lipinski definition) is 6. The lowest BCUT2D eigenvalue weighted by Crippen LogP contribution is -2.50. The third kappa shape index (κ3) is 5.29. The topological polar surface area (TPSA) is 76.0 Å². The molecular weight excluding hydrogens is 420 g/mol. The summed E-state index contributed by atoms with van der Waals surface area (Å²) in [6.45, 7) is 13.0. The van der Waals surface area contributed by atoms with E-state index in [0.717, 1.165) is 60.3 Å². The number of piperazine rings is 1. The predicted octanol–water partition coefficient (Wildman–Crippen LogP) is 1.97. The maximum atomic E-state index is 13.2. The molecule has 0 radical (unpaired) electrons. The molecule has 8 nitrogen and oxygen atoms in total. The smallest absolute Gasteiger partial charge is 0.234 e. The Balaban J connectivity index is 1.38. The molecule has 0 aliphatic carbocycles. The molecule has 1 aromatic heterocycles. The van der Waals surface area contributed by atoms with Crippen LogP contribution in [0.4, 0.5) is 0 Å². The second-order valence-corrected chi connectivity index (χ2v) is 8.52. The first-order valence-corrected chi connectivity index (χ1v) is 11.4. The van der Waals surface area contributed by atoms with Crippen LogP contribution in [-0.4, -0.2) is 85.1 Å². The summed E-state index contributed by atoms with van der Waals surface area (Å²) in [5.41, 5.74) is 3.62. The van der Waals surface area contributed by atoms with E-state index in [0.29, 0.717) is 32.8 Å². The molecule has 0 atom stereocenters. The maximum absolute atomic E-state index is 13.2.